The number of phenols is 1. The van der Waals surface area contributed by atoms with Crippen LogP contribution in [0.4, 0.5) is 0 Å². The molecule has 0 saturated carbocycles. The van der Waals surface area contributed by atoms with E-state index in [9.17, 15) is 0 Å². The molecule has 1 N–H and O–H groups in total. The van der Waals surface area contributed by atoms with E-state index in [-0.39, 0.29) is 5.75 Å². The normalized spacial score (nSPS) is 8.94. The third-order valence-electron chi connectivity index (χ3n) is 2.21. The predicted molar refractivity (Wildman–Crippen MR) is 74.2 cm³/mol. The van der Waals surface area contributed by atoms with Crippen LogP contribution in [0.2, 0.25) is 0 Å². The number of nitrogens with zero attached hydrogens (tertiary/aromatic N) is 1. The van der Waals surface area contributed by atoms with Crippen molar-refractivity contribution in [3.05, 3.63) is 54.1 Å². The molecule has 0 radical (unpaired) electrons. The topological polar surface area (TPSA) is 44.0 Å². The van der Waals surface area contributed by atoms with E-state index >= 15 is 0 Å². The molecule has 2 heteroatoms. The lowest BCUT2D eigenvalue weighted by atomic mass is 10.0. The molecule has 0 fully saturated rings. The van der Waals surface area contributed by atoms with Gasteiger partial charge in [0, 0.05) is 0 Å². The van der Waals surface area contributed by atoms with E-state index in [0.717, 1.165) is 11.1 Å². The minimum absolute atomic E-state index is 0.257. The van der Waals surface area contributed by atoms with Gasteiger partial charge in [0.05, 0.1) is 11.6 Å². The fraction of sp³-hybridized carbons (Fsp3) is 0.188. The smallest absolute Gasteiger partial charge is 0.115 e. The van der Waals surface area contributed by atoms with E-state index in [2.05, 4.69) is 19.9 Å². The quantitative estimate of drug-likeness (QED) is 0.804. The van der Waals surface area contributed by atoms with Crippen LogP contribution in [-0.2, 0) is 0 Å². The molecule has 0 saturated heterocycles. The lowest BCUT2D eigenvalue weighted by Crippen LogP contribution is -1.78. The second-order valence-electron chi connectivity index (χ2n) is 3.94. The molecule has 2 rings (SSSR count). The standard InChI is InChI=1S/C13H9NO.C3H8/c14-9-10-1-3-11(4-2-10)12-5-7-13(15)8-6-12;1-3-2/h1-8,15H;3H2,1-2H3. The highest BCUT2D eigenvalue weighted by Crippen LogP contribution is 2.21. The van der Waals surface area contributed by atoms with Crippen molar-refractivity contribution in [3.8, 4) is 22.9 Å². The summed E-state index contributed by atoms with van der Waals surface area (Å²) in [7, 11) is 0. The second kappa shape index (κ2) is 7.13. The van der Waals surface area contributed by atoms with Gasteiger partial charge in [-0.25, -0.2) is 0 Å². The third-order valence-corrected chi connectivity index (χ3v) is 2.21. The van der Waals surface area contributed by atoms with Crippen molar-refractivity contribution in [2.45, 2.75) is 20.3 Å². The first-order valence-corrected chi connectivity index (χ1v) is 6.00. The SMILES string of the molecule is CCC.N#Cc1ccc(-c2ccc(O)cc2)cc1. The summed E-state index contributed by atoms with van der Waals surface area (Å²) in [4.78, 5) is 0. The second-order valence-corrected chi connectivity index (χ2v) is 3.94. The van der Waals surface area contributed by atoms with E-state index in [1.807, 2.05) is 24.3 Å². The van der Waals surface area contributed by atoms with Crippen LogP contribution in [0.5, 0.6) is 5.75 Å². The van der Waals surface area contributed by atoms with Crippen molar-refractivity contribution in [2.24, 2.45) is 0 Å². The van der Waals surface area contributed by atoms with Crippen molar-refractivity contribution >= 4 is 0 Å². The van der Waals surface area contributed by atoms with E-state index in [1.54, 1.807) is 24.3 Å². The van der Waals surface area contributed by atoms with Gasteiger partial charge >= 0.3 is 0 Å². The molecule has 0 bridgehead atoms. The van der Waals surface area contributed by atoms with Crippen LogP contribution < -0.4 is 0 Å². The molecule has 2 aromatic carbocycles. The van der Waals surface area contributed by atoms with Crippen LogP contribution in [0.1, 0.15) is 25.8 Å². The Morgan fingerprint density at radius 1 is 0.889 bits per heavy atom. The van der Waals surface area contributed by atoms with Gasteiger partial charge in [0.1, 0.15) is 5.75 Å². The summed E-state index contributed by atoms with van der Waals surface area (Å²) in [5, 5.41) is 17.8. The molecule has 0 aliphatic heterocycles. The van der Waals surface area contributed by atoms with Crippen LogP contribution in [0, 0.1) is 11.3 Å². The van der Waals surface area contributed by atoms with Crippen LogP contribution in [0.15, 0.2) is 48.5 Å². The Bertz CT molecular complexity index is 506. The maximum absolute atomic E-state index is 9.14. The van der Waals surface area contributed by atoms with Gasteiger partial charge in [-0.2, -0.15) is 5.26 Å². The Hall–Kier alpha value is -2.27. The van der Waals surface area contributed by atoms with Crippen molar-refractivity contribution in [3.63, 3.8) is 0 Å². The number of phenolic OH excluding ortho intramolecular Hbond substituents is 1. The molecule has 0 aliphatic carbocycles. The number of hydrogen-bond donors (Lipinski definition) is 1. The minimum Gasteiger partial charge on any atom is -0.508 e. The lowest BCUT2D eigenvalue weighted by Gasteiger charge is -2.01. The Morgan fingerprint density at radius 3 is 1.67 bits per heavy atom. The van der Waals surface area contributed by atoms with Gasteiger partial charge in [0.15, 0.2) is 0 Å². The highest BCUT2D eigenvalue weighted by molar-refractivity contribution is 5.64. The van der Waals surface area contributed by atoms with Gasteiger partial charge in [0.2, 0.25) is 0 Å². The van der Waals surface area contributed by atoms with Gasteiger partial charge in [-0.05, 0) is 35.4 Å². The molecule has 92 valence electrons. The predicted octanol–water partition coefficient (Wildman–Crippen LogP) is 4.35. The molecule has 0 heterocycles. The molecule has 0 aliphatic rings. The number of aromatic hydroxyl groups is 1. The first-order valence-electron chi connectivity index (χ1n) is 6.00. The van der Waals surface area contributed by atoms with Gasteiger partial charge in [-0.3, -0.25) is 0 Å². The van der Waals surface area contributed by atoms with E-state index in [1.165, 1.54) is 6.42 Å². The molecule has 2 aromatic rings. The molecular weight excluding hydrogens is 222 g/mol. The zero-order valence-corrected chi connectivity index (χ0v) is 10.7. The van der Waals surface area contributed by atoms with E-state index in [4.69, 9.17) is 10.4 Å². The first-order chi connectivity index (χ1) is 8.71. The largest absolute Gasteiger partial charge is 0.508 e. The van der Waals surface area contributed by atoms with Gasteiger partial charge in [-0.1, -0.05) is 44.5 Å². The summed E-state index contributed by atoms with van der Waals surface area (Å²) in [5.74, 6) is 0.257. The lowest BCUT2D eigenvalue weighted by molar-refractivity contribution is 0.475. The average molecular weight is 239 g/mol. The Kier molecular flexibility index (Phi) is 5.47. The zero-order chi connectivity index (χ0) is 13.4. The fourth-order valence-electron chi connectivity index (χ4n) is 1.39. The maximum Gasteiger partial charge on any atom is 0.115 e. The summed E-state index contributed by atoms with van der Waals surface area (Å²) in [6, 6.07) is 16.4. The van der Waals surface area contributed by atoms with Crippen molar-refractivity contribution in [1.82, 2.24) is 0 Å². The molecular formula is C16H17NO. The average Bonchev–Trinajstić information content (AvgIpc) is 2.41. The monoisotopic (exact) mass is 239 g/mol. The summed E-state index contributed by atoms with van der Waals surface area (Å²) in [5.41, 5.74) is 2.71. The highest BCUT2D eigenvalue weighted by Gasteiger charge is 1.97. The maximum atomic E-state index is 9.14. The highest BCUT2D eigenvalue weighted by atomic mass is 16.3. The Labute approximate surface area is 108 Å². The Morgan fingerprint density at radius 2 is 1.28 bits per heavy atom. The summed E-state index contributed by atoms with van der Waals surface area (Å²) < 4.78 is 0. The van der Waals surface area contributed by atoms with Gasteiger partial charge in [0.25, 0.3) is 0 Å². The van der Waals surface area contributed by atoms with Crippen molar-refractivity contribution in [1.29, 1.82) is 5.26 Å². The number of benzene rings is 2. The molecule has 0 aromatic heterocycles. The number of rotatable bonds is 1. The van der Waals surface area contributed by atoms with Gasteiger partial charge in [-0.15, -0.1) is 0 Å². The molecule has 0 atom stereocenters. The fourth-order valence-corrected chi connectivity index (χ4v) is 1.39. The van der Waals surface area contributed by atoms with E-state index < -0.39 is 0 Å². The summed E-state index contributed by atoms with van der Waals surface area (Å²) in [6.07, 6.45) is 1.25. The first kappa shape index (κ1) is 13.8. The van der Waals surface area contributed by atoms with Crippen molar-refractivity contribution < 1.29 is 5.11 Å². The van der Waals surface area contributed by atoms with Crippen LogP contribution in [0.25, 0.3) is 11.1 Å². The van der Waals surface area contributed by atoms with Crippen LogP contribution >= 0.6 is 0 Å². The van der Waals surface area contributed by atoms with Gasteiger partial charge < -0.3 is 5.11 Å². The molecule has 2 nitrogen and oxygen atoms in total. The number of hydrogen-bond acceptors (Lipinski definition) is 2. The van der Waals surface area contributed by atoms with Crippen LogP contribution in [-0.4, -0.2) is 5.11 Å². The van der Waals surface area contributed by atoms with E-state index in [0.29, 0.717) is 5.56 Å². The third kappa shape index (κ3) is 3.95. The Balaban J connectivity index is 0.000000492. The summed E-state index contributed by atoms with van der Waals surface area (Å²) >= 11 is 0. The molecule has 18 heavy (non-hydrogen) atoms. The zero-order valence-electron chi connectivity index (χ0n) is 10.7. The molecule has 0 spiro atoms. The van der Waals surface area contributed by atoms with Crippen molar-refractivity contribution in [2.75, 3.05) is 0 Å². The van der Waals surface area contributed by atoms with Crippen LogP contribution in [0.3, 0.4) is 0 Å². The molecule has 0 unspecified atom stereocenters. The minimum atomic E-state index is 0.257. The summed E-state index contributed by atoms with van der Waals surface area (Å²) in [6.45, 7) is 4.25. The number of nitriles is 1. The molecule has 0 amide bonds.